The standard InChI is InChI=1S/C54H97N2O6P/c1-6-8-10-12-14-16-18-20-21-22-23-24-25-26-27-28-29-30-31-32-33-34-35-36-38-40-42-44-46-48-54(58)55-52(51-62-63(59,60)61-50-49-56(3,4)5)53(57)47-45-43-41-39-37-19-17-15-13-11-9-7-2/h8,10,14,16,20-21,23-24,26-27,29-30,45,47,52-53,57H,6-7,9,11-13,15,17-19,22,25,28,31-44,46,48-51H2,1-5H3,(H-,55,58,59,60)/p+1/b10-8-,16-14-,21-20-,24-23-,27-26-,30-29-,47-45+. The summed E-state index contributed by atoms with van der Waals surface area (Å²) < 4.78 is 23.6. The molecule has 63 heavy (non-hydrogen) atoms. The van der Waals surface area contributed by atoms with Gasteiger partial charge < -0.3 is 19.8 Å². The topological polar surface area (TPSA) is 105 Å². The lowest BCUT2D eigenvalue weighted by molar-refractivity contribution is -0.870. The number of hydrogen-bond acceptors (Lipinski definition) is 5. The van der Waals surface area contributed by atoms with Crippen molar-refractivity contribution in [1.29, 1.82) is 0 Å². The summed E-state index contributed by atoms with van der Waals surface area (Å²) in [5.41, 5.74) is 0. The average molecular weight is 902 g/mol. The van der Waals surface area contributed by atoms with Crippen molar-refractivity contribution < 1.29 is 32.9 Å². The lowest BCUT2D eigenvalue weighted by Gasteiger charge is -2.25. The first kappa shape index (κ1) is 60.7. The fourth-order valence-corrected chi connectivity index (χ4v) is 7.60. The van der Waals surface area contributed by atoms with Crippen LogP contribution in [0.3, 0.4) is 0 Å². The SMILES string of the molecule is CC/C=C\C/C=C\C/C=C\C/C=C\C/C=C\C/C=C\CCCCCCCCCCCCC(=O)NC(COP(=O)(O)OCC[N+](C)(C)C)C(O)/C=C/CCCCCCCCCCCC. The lowest BCUT2D eigenvalue weighted by Crippen LogP contribution is -2.45. The number of quaternary nitrogens is 1. The zero-order chi connectivity index (χ0) is 46.4. The van der Waals surface area contributed by atoms with E-state index in [1.807, 2.05) is 27.2 Å². The van der Waals surface area contributed by atoms with Gasteiger partial charge in [-0.05, 0) is 70.6 Å². The highest BCUT2D eigenvalue weighted by Gasteiger charge is 2.27. The fourth-order valence-electron chi connectivity index (χ4n) is 6.87. The smallest absolute Gasteiger partial charge is 0.387 e. The zero-order valence-electron chi connectivity index (χ0n) is 41.3. The van der Waals surface area contributed by atoms with Crippen LogP contribution in [0.1, 0.15) is 200 Å². The van der Waals surface area contributed by atoms with Crippen LogP contribution < -0.4 is 5.32 Å². The Morgan fingerprint density at radius 2 is 0.952 bits per heavy atom. The molecule has 364 valence electrons. The Hall–Kier alpha value is -2.32. The van der Waals surface area contributed by atoms with Gasteiger partial charge in [-0.15, -0.1) is 0 Å². The molecule has 0 aromatic rings. The van der Waals surface area contributed by atoms with E-state index in [1.165, 1.54) is 96.3 Å². The predicted molar refractivity (Wildman–Crippen MR) is 272 cm³/mol. The molecule has 3 unspecified atom stereocenters. The van der Waals surface area contributed by atoms with E-state index >= 15 is 0 Å². The normalized spacial score (nSPS) is 14.8. The molecule has 0 aliphatic carbocycles. The van der Waals surface area contributed by atoms with Crippen LogP contribution in [0, 0.1) is 0 Å². The number of carbonyl (C=O) groups is 1. The number of carbonyl (C=O) groups excluding carboxylic acids is 1. The van der Waals surface area contributed by atoms with Crippen LogP contribution >= 0.6 is 7.82 Å². The minimum Gasteiger partial charge on any atom is -0.387 e. The number of hydrogen-bond donors (Lipinski definition) is 3. The van der Waals surface area contributed by atoms with E-state index in [0.717, 1.165) is 83.5 Å². The summed E-state index contributed by atoms with van der Waals surface area (Å²) in [6.45, 7) is 4.67. The van der Waals surface area contributed by atoms with E-state index in [1.54, 1.807) is 6.08 Å². The first-order chi connectivity index (χ1) is 30.5. The molecule has 3 N–H and O–H groups in total. The summed E-state index contributed by atoms with van der Waals surface area (Å²) in [4.78, 5) is 23.2. The number of phosphoric ester groups is 1. The number of nitrogens with one attached hydrogen (secondary N) is 1. The number of likely N-dealkylation sites (N-methyl/N-ethyl adjacent to an activating group) is 1. The Kier molecular flexibility index (Phi) is 43.2. The maximum absolute atomic E-state index is 12.9. The maximum Gasteiger partial charge on any atom is 0.472 e. The van der Waals surface area contributed by atoms with Crippen molar-refractivity contribution in [2.75, 3.05) is 40.9 Å². The minimum atomic E-state index is -4.34. The second kappa shape index (κ2) is 44.9. The molecule has 8 nitrogen and oxygen atoms in total. The highest BCUT2D eigenvalue weighted by molar-refractivity contribution is 7.47. The van der Waals surface area contributed by atoms with Crippen molar-refractivity contribution >= 4 is 13.7 Å². The van der Waals surface area contributed by atoms with Crippen molar-refractivity contribution in [3.05, 3.63) is 85.1 Å². The van der Waals surface area contributed by atoms with Gasteiger partial charge in [-0.1, -0.05) is 208 Å². The van der Waals surface area contributed by atoms with E-state index < -0.39 is 20.0 Å². The zero-order valence-corrected chi connectivity index (χ0v) is 42.2. The molecule has 1 amide bonds. The largest absolute Gasteiger partial charge is 0.472 e. The lowest BCUT2D eigenvalue weighted by atomic mass is 10.0. The van der Waals surface area contributed by atoms with Crippen molar-refractivity contribution in [2.24, 2.45) is 0 Å². The fraction of sp³-hybridized carbons (Fsp3) is 0.722. The third kappa shape index (κ3) is 47.5. The van der Waals surface area contributed by atoms with E-state index in [2.05, 4.69) is 92.1 Å². The molecule has 0 spiro atoms. The molecular weight excluding hydrogens is 804 g/mol. The predicted octanol–water partition coefficient (Wildman–Crippen LogP) is 14.9. The molecule has 0 heterocycles. The Morgan fingerprint density at radius 1 is 0.556 bits per heavy atom. The van der Waals surface area contributed by atoms with Crippen molar-refractivity contribution in [3.63, 3.8) is 0 Å². The van der Waals surface area contributed by atoms with Crippen LogP contribution in [0.4, 0.5) is 0 Å². The molecule has 0 aromatic carbocycles. The van der Waals surface area contributed by atoms with Crippen LogP contribution in [0.25, 0.3) is 0 Å². The molecule has 0 rings (SSSR count). The van der Waals surface area contributed by atoms with Gasteiger partial charge in [-0.2, -0.15) is 0 Å². The molecular formula is C54H98N2O6P+. The quantitative estimate of drug-likeness (QED) is 0.0243. The van der Waals surface area contributed by atoms with Crippen LogP contribution in [0.15, 0.2) is 85.1 Å². The van der Waals surface area contributed by atoms with Gasteiger partial charge in [0.1, 0.15) is 13.2 Å². The Bertz CT molecular complexity index is 1300. The van der Waals surface area contributed by atoms with E-state index in [-0.39, 0.29) is 19.1 Å². The summed E-state index contributed by atoms with van der Waals surface area (Å²) in [7, 11) is 1.56. The number of aliphatic hydroxyl groups is 1. The second-order valence-electron chi connectivity index (χ2n) is 18.2. The van der Waals surface area contributed by atoms with E-state index in [0.29, 0.717) is 17.4 Å². The summed E-state index contributed by atoms with van der Waals surface area (Å²) in [6.07, 6.45) is 62.3. The molecule has 0 saturated carbocycles. The molecule has 0 bridgehead atoms. The number of aliphatic hydroxyl groups excluding tert-OH is 1. The molecule has 3 atom stereocenters. The molecule has 0 aromatic heterocycles. The van der Waals surface area contributed by atoms with Crippen LogP contribution in [-0.2, 0) is 18.4 Å². The number of phosphoric acid groups is 1. The van der Waals surface area contributed by atoms with E-state index in [9.17, 15) is 19.4 Å². The summed E-state index contributed by atoms with van der Waals surface area (Å²) >= 11 is 0. The highest BCUT2D eigenvalue weighted by atomic mass is 31.2. The molecule has 9 heteroatoms. The van der Waals surface area contributed by atoms with Crippen LogP contribution in [0.2, 0.25) is 0 Å². The van der Waals surface area contributed by atoms with Gasteiger partial charge in [0.15, 0.2) is 0 Å². The molecule has 0 radical (unpaired) electrons. The Morgan fingerprint density at radius 3 is 1.40 bits per heavy atom. The van der Waals surface area contributed by atoms with Crippen molar-refractivity contribution in [1.82, 2.24) is 5.32 Å². The van der Waals surface area contributed by atoms with Gasteiger partial charge >= 0.3 is 7.82 Å². The molecule has 0 saturated heterocycles. The number of nitrogens with zero attached hydrogens (tertiary/aromatic N) is 1. The summed E-state index contributed by atoms with van der Waals surface area (Å²) in [6, 6.07) is -0.852. The number of amides is 1. The number of allylic oxidation sites excluding steroid dienone is 13. The van der Waals surface area contributed by atoms with Gasteiger partial charge in [0.25, 0.3) is 0 Å². The van der Waals surface area contributed by atoms with Crippen LogP contribution in [-0.4, -0.2) is 73.4 Å². The molecule has 0 aliphatic heterocycles. The summed E-state index contributed by atoms with van der Waals surface area (Å²) in [5.74, 6) is -0.187. The highest BCUT2D eigenvalue weighted by Crippen LogP contribution is 2.43. The number of unbranched alkanes of at least 4 members (excludes halogenated alkanes) is 20. The van der Waals surface area contributed by atoms with Crippen molar-refractivity contribution in [3.8, 4) is 0 Å². The minimum absolute atomic E-state index is 0.0569. The van der Waals surface area contributed by atoms with Gasteiger partial charge in [0.05, 0.1) is 39.9 Å². The first-order valence-corrected chi connectivity index (χ1v) is 27.0. The average Bonchev–Trinajstić information content (AvgIpc) is 3.24. The summed E-state index contributed by atoms with van der Waals surface area (Å²) in [5, 5.41) is 13.8. The van der Waals surface area contributed by atoms with E-state index in [4.69, 9.17) is 9.05 Å². The maximum atomic E-state index is 12.9. The van der Waals surface area contributed by atoms with Gasteiger partial charge in [0.2, 0.25) is 5.91 Å². The van der Waals surface area contributed by atoms with Gasteiger partial charge in [-0.3, -0.25) is 13.8 Å². The van der Waals surface area contributed by atoms with Gasteiger partial charge in [0, 0.05) is 6.42 Å². The van der Waals surface area contributed by atoms with Gasteiger partial charge in [-0.25, -0.2) is 4.57 Å². The third-order valence-corrected chi connectivity index (χ3v) is 11.9. The Labute approximate surface area is 388 Å². The second-order valence-corrected chi connectivity index (χ2v) is 19.6. The van der Waals surface area contributed by atoms with Crippen LogP contribution in [0.5, 0.6) is 0 Å². The number of rotatable bonds is 45. The third-order valence-electron chi connectivity index (χ3n) is 10.9. The first-order valence-electron chi connectivity index (χ1n) is 25.5. The monoisotopic (exact) mass is 902 g/mol. The molecule has 0 fully saturated rings. The van der Waals surface area contributed by atoms with Crippen molar-refractivity contribution in [2.45, 2.75) is 212 Å². The molecule has 0 aliphatic rings. The Balaban J connectivity index is 4.21.